The molecule has 0 bridgehead atoms. The Balaban J connectivity index is 2.36. The first-order valence-corrected chi connectivity index (χ1v) is 6.70. The van der Waals surface area contributed by atoms with Gasteiger partial charge in [-0.15, -0.1) is 0 Å². The second-order valence-electron chi connectivity index (χ2n) is 5.32. The lowest BCUT2D eigenvalue weighted by Gasteiger charge is -2.34. The zero-order valence-corrected chi connectivity index (χ0v) is 12.1. The van der Waals surface area contributed by atoms with Crippen LogP contribution >= 0.6 is 0 Å². The molecule has 1 heterocycles. The average Bonchev–Trinajstić information content (AvgIpc) is 2.46. The molecule has 0 saturated heterocycles. The second-order valence-corrected chi connectivity index (χ2v) is 5.32. The van der Waals surface area contributed by atoms with Gasteiger partial charge in [-0.3, -0.25) is 4.79 Å². The first-order chi connectivity index (χ1) is 9.47. The van der Waals surface area contributed by atoms with Gasteiger partial charge in [0.05, 0.1) is 13.5 Å². The fraction of sp³-hybridized carbons (Fsp3) is 0.533. The third-order valence-electron chi connectivity index (χ3n) is 3.95. The number of carbonyl (C=O) groups is 1. The lowest BCUT2D eigenvalue weighted by molar-refractivity contribution is -0.142. The number of carbonyl (C=O) groups excluding carboxylic acids is 1. The summed E-state index contributed by atoms with van der Waals surface area (Å²) in [5.74, 6) is 1.15. The van der Waals surface area contributed by atoms with Gasteiger partial charge in [-0.25, -0.2) is 0 Å². The number of esters is 1. The van der Waals surface area contributed by atoms with Crippen molar-refractivity contribution in [3.05, 3.63) is 23.8 Å². The van der Waals surface area contributed by atoms with Gasteiger partial charge in [-0.05, 0) is 24.6 Å². The second kappa shape index (κ2) is 5.71. The number of ether oxygens (including phenoxy) is 3. The third-order valence-corrected chi connectivity index (χ3v) is 3.95. The minimum Gasteiger partial charge on any atom is -0.486 e. The molecule has 0 aromatic heterocycles. The normalized spacial score (nSPS) is 18.0. The van der Waals surface area contributed by atoms with Gasteiger partial charge < -0.3 is 19.9 Å². The van der Waals surface area contributed by atoms with E-state index in [1.54, 1.807) is 0 Å². The van der Waals surface area contributed by atoms with Crippen molar-refractivity contribution in [2.24, 2.45) is 5.73 Å². The summed E-state index contributed by atoms with van der Waals surface area (Å²) >= 11 is 0. The van der Waals surface area contributed by atoms with Gasteiger partial charge >= 0.3 is 5.97 Å². The molecule has 0 saturated carbocycles. The van der Waals surface area contributed by atoms with Crippen LogP contribution in [0.2, 0.25) is 0 Å². The lowest BCUT2D eigenvalue weighted by Crippen LogP contribution is -2.43. The number of nitrogens with two attached hydrogens (primary N) is 1. The Morgan fingerprint density at radius 3 is 2.65 bits per heavy atom. The van der Waals surface area contributed by atoms with Crippen LogP contribution in [0.1, 0.15) is 25.8 Å². The molecular weight excluding hydrogens is 258 g/mol. The smallest absolute Gasteiger partial charge is 0.306 e. The van der Waals surface area contributed by atoms with Crippen molar-refractivity contribution in [3.8, 4) is 11.5 Å². The Bertz CT molecular complexity index is 501. The van der Waals surface area contributed by atoms with E-state index < -0.39 is 5.41 Å². The Hall–Kier alpha value is -1.75. The van der Waals surface area contributed by atoms with Gasteiger partial charge in [0, 0.05) is 11.5 Å². The Morgan fingerprint density at radius 2 is 2.05 bits per heavy atom. The van der Waals surface area contributed by atoms with Crippen LogP contribution in [0.15, 0.2) is 18.2 Å². The van der Waals surface area contributed by atoms with Gasteiger partial charge in [0.25, 0.3) is 0 Å². The molecule has 0 aliphatic carbocycles. The van der Waals surface area contributed by atoms with Crippen molar-refractivity contribution in [2.75, 3.05) is 20.3 Å². The number of rotatable bonds is 4. The van der Waals surface area contributed by atoms with E-state index in [2.05, 4.69) is 0 Å². The van der Waals surface area contributed by atoms with E-state index in [4.69, 9.17) is 19.9 Å². The topological polar surface area (TPSA) is 70.8 Å². The van der Waals surface area contributed by atoms with Crippen LogP contribution < -0.4 is 15.2 Å². The zero-order chi connectivity index (χ0) is 14.8. The first-order valence-electron chi connectivity index (χ1n) is 6.70. The van der Waals surface area contributed by atoms with Crippen molar-refractivity contribution in [3.63, 3.8) is 0 Å². The fourth-order valence-electron chi connectivity index (χ4n) is 2.30. The molecule has 2 unspecified atom stereocenters. The van der Waals surface area contributed by atoms with E-state index in [1.165, 1.54) is 7.11 Å². The summed E-state index contributed by atoms with van der Waals surface area (Å²) in [5.41, 5.74) is 6.54. The lowest BCUT2D eigenvalue weighted by atomic mass is 9.74. The molecule has 2 atom stereocenters. The largest absolute Gasteiger partial charge is 0.486 e. The van der Waals surface area contributed by atoms with Gasteiger partial charge in [0.2, 0.25) is 0 Å². The maximum Gasteiger partial charge on any atom is 0.306 e. The van der Waals surface area contributed by atoms with Crippen molar-refractivity contribution in [1.82, 2.24) is 0 Å². The maximum absolute atomic E-state index is 11.7. The number of hydrogen-bond acceptors (Lipinski definition) is 5. The molecule has 20 heavy (non-hydrogen) atoms. The highest BCUT2D eigenvalue weighted by atomic mass is 16.6. The summed E-state index contributed by atoms with van der Waals surface area (Å²) in [6.07, 6.45) is 0.223. The molecule has 0 spiro atoms. The molecule has 5 heteroatoms. The summed E-state index contributed by atoms with van der Waals surface area (Å²) in [7, 11) is 1.38. The molecule has 0 fully saturated rings. The van der Waals surface area contributed by atoms with Crippen molar-refractivity contribution >= 4 is 5.97 Å². The monoisotopic (exact) mass is 279 g/mol. The van der Waals surface area contributed by atoms with Crippen molar-refractivity contribution in [2.45, 2.75) is 31.7 Å². The van der Waals surface area contributed by atoms with Crippen LogP contribution in [-0.2, 0) is 14.9 Å². The fourth-order valence-corrected chi connectivity index (χ4v) is 2.30. The molecule has 5 nitrogen and oxygen atoms in total. The average molecular weight is 279 g/mol. The zero-order valence-electron chi connectivity index (χ0n) is 12.1. The predicted molar refractivity (Wildman–Crippen MR) is 75.1 cm³/mol. The van der Waals surface area contributed by atoms with E-state index in [9.17, 15) is 4.79 Å². The summed E-state index contributed by atoms with van der Waals surface area (Å²) < 4.78 is 15.9. The number of benzene rings is 1. The van der Waals surface area contributed by atoms with Crippen LogP contribution in [0, 0.1) is 0 Å². The van der Waals surface area contributed by atoms with Crippen molar-refractivity contribution in [1.29, 1.82) is 0 Å². The van der Waals surface area contributed by atoms with Gasteiger partial charge in [0.15, 0.2) is 11.5 Å². The Morgan fingerprint density at radius 1 is 1.40 bits per heavy atom. The van der Waals surface area contributed by atoms with Crippen LogP contribution in [0.4, 0.5) is 0 Å². The van der Waals surface area contributed by atoms with Gasteiger partial charge in [-0.2, -0.15) is 0 Å². The molecule has 1 aromatic carbocycles. The molecule has 1 aromatic rings. The molecule has 2 N–H and O–H groups in total. The quantitative estimate of drug-likeness (QED) is 0.848. The number of methoxy groups -OCH3 is 1. The van der Waals surface area contributed by atoms with E-state index in [1.807, 2.05) is 32.0 Å². The molecule has 0 amide bonds. The third kappa shape index (κ3) is 2.72. The molecular formula is C15H21NO4. The van der Waals surface area contributed by atoms with Crippen molar-refractivity contribution < 1.29 is 19.0 Å². The highest BCUT2D eigenvalue weighted by Gasteiger charge is 2.35. The molecule has 1 aliphatic rings. The highest BCUT2D eigenvalue weighted by molar-refractivity contribution is 5.71. The van der Waals surface area contributed by atoms with Gasteiger partial charge in [-0.1, -0.05) is 13.0 Å². The van der Waals surface area contributed by atoms with E-state index in [0.717, 1.165) is 11.3 Å². The molecule has 1 aliphatic heterocycles. The van der Waals surface area contributed by atoms with Crippen LogP contribution in [-0.4, -0.2) is 32.3 Å². The molecule has 2 rings (SSSR count). The van der Waals surface area contributed by atoms with Gasteiger partial charge in [0.1, 0.15) is 13.2 Å². The minimum absolute atomic E-state index is 0.204. The summed E-state index contributed by atoms with van der Waals surface area (Å²) in [4.78, 5) is 11.7. The SMILES string of the molecule is COC(=O)CC(C)(c1ccc2c(c1)OCCO2)C(C)N. The molecule has 0 radical (unpaired) electrons. The molecule has 110 valence electrons. The number of hydrogen-bond donors (Lipinski definition) is 1. The summed E-state index contributed by atoms with van der Waals surface area (Å²) in [5, 5.41) is 0. The minimum atomic E-state index is -0.511. The van der Waals surface area contributed by atoms with E-state index in [-0.39, 0.29) is 18.4 Å². The Labute approximate surface area is 119 Å². The standard InChI is InChI=1S/C15H21NO4/c1-10(16)15(2,9-14(17)18-3)11-4-5-12-13(8-11)20-7-6-19-12/h4-5,8,10H,6-7,9,16H2,1-3H3. The summed E-state index contributed by atoms with van der Waals surface area (Å²) in [6, 6.07) is 5.49. The predicted octanol–water partition coefficient (Wildman–Crippen LogP) is 1.63. The maximum atomic E-state index is 11.7. The van der Waals surface area contributed by atoms with E-state index in [0.29, 0.717) is 19.0 Å². The van der Waals surface area contributed by atoms with Crippen LogP contribution in [0.5, 0.6) is 11.5 Å². The summed E-state index contributed by atoms with van der Waals surface area (Å²) in [6.45, 7) is 4.93. The van der Waals surface area contributed by atoms with Crippen LogP contribution in [0.25, 0.3) is 0 Å². The Kier molecular flexibility index (Phi) is 4.18. The van der Waals surface area contributed by atoms with E-state index >= 15 is 0 Å². The first kappa shape index (κ1) is 14.7. The number of fused-ring (bicyclic) bond motifs is 1. The highest BCUT2D eigenvalue weighted by Crippen LogP contribution is 2.38. The van der Waals surface area contributed by atoms with Crippen LogP contribution in [0.3, 0.4) is 0 Å².